The number of halogens is 2. The largest absolute Gasteiger partial charge is 0.455 e. The topological polar surface area (TPSA) is 117 Å². The first-order chi connectivity index (χ1) is 22.0. The van der Waals surface area contributed by atoms with Crippen molar-refractivity contribution < 1.29 is 26.4 Å². The third-order valence-electron chi connectivity index (χ3n) is 7.59. The zero-order valence-corrected chi connectivity index (χ0v) is 26.3. The van der Waals surface area contributed by atoms with E-state index in [0.29, 0.717) is 44.4 Å². The number of carbonyl (C=O) groups excluding carboxylic acids is 1. The molecule has 0 fully saturated rings. The highest BCUT2D eigenvalue weighted by Crippen LogP contribution is 2.41. The number of benzene rings is 3. The van der Waals surface area contributed by atoms with E-state index in [1.165, 1.54) is 50.4 Å². The van der Waals surface area contributed by atoms with E-state index in [9.17, 15) is 22.0 Å². The monoisotopic (exact) mass is 640 g/mol. The standard InChI is InChI=1S/C35H30F2N4O4S/c1-5-46(43,44)41-31-17-32-26(33(35(42)38-4)34(45-32)20-9-11-22(36)12-10-20)14-25(31)29-15-23(21(18-39-29)13-19(2)3)30-16-24-27(37)7-6-8-28(24)40-30/h6-18,40-41H,5H2,1-4H3,(H,38,42). The van der Waals surface area contributed by atoms with Crippen LogP contribution >= 0.6 is 0 Å². The van der Waals surface area contributed by atoms with Crippen LogP contribution < -0.4 is 10.0 Å². The number of carbonyl (C=O) groups is 1. The minimum atomic E-state index is -3.76. The van der Waals surface area contributed by atoms with Gasteiger partial charge in [0.15, 0.2) is 0 Å². The molecule has 1 amide bonds. The van der Waals surface area contributed by atoms with Crippen LogP contribution in [0, 0.1) is 11.6 Å². The Morgan fingerprint density at radius 1 is 1.00 bits per heavy atom. The van der Waals surface area contributed by atoms with Crippen LogP contribution in [0.15, 0.2) is 82.9 Å². The lowest BCUT2D eigenvalue weighted by atomic mass is 9.98. The minimum Gasteiger partial charge on any atom is -0.455 e. The summed E-state index contributed by atoms with van der Waals surface area (Å²) in [4.78, 5) is 21.2. The fourth-order valence-corrected chi connectivity index (χ4v) is 6.02. The SMILES string of the molecule is CCS(=O)(=O)Nc1cc2oc(-c3ccc(F)cc3)c(C(=O)NC)c2cc1-c1cc(-c2cc3c(F)cccc3[nH]2)c(C=C(C)C)cn1. The first-order valence-electron chi connectivity index (χ1n) is 14.5. The molecule has 234 valence electrons. The van der Waals surface area contributed by atoms with E-state index in [1.807, 2.05) is 19.9 Å². The van der Waals surface area contributed by atoms with E-state index >= 15 is 0 Å². The molecule has 0 spiro atoms. The molecule has 3 aromatic heterocycles. The third kappa shape index (κ3) is 5.77. The number of allylic oxidation sites excluding steroid dienone is 1. The zero-order chi connectivity index (χ0) is 32.7. The molecule has 3 heterocycles. The molecule has 0 radical (unpaired) electrons. The van der Waals surface area contributed by atoms with Gasteiger partial charge in [-0.3, -0.25) is 14.5 Å². The second-order valence-electron chi connectivity index (χ2n) is 11.1. The molecular formula is C35H30F2N4O4S. The van der Waals surface area contributed by atoms with Gasteiger partial charge in [-0.05, 0) is 75.4 Å². The van der Waals surface area contributed by atoms with E-state index in [4.69, 9.17) is 9.40 Å². The highest BCUT2D eigenvalue weighted by molar-refractivity contribution is 7.92. The van der Waals surface area contributed by atoms with Crippen molar-refractivity contribution in [2.75, 3.05) is 17.5 Å². The van der Waals surface area contributed by atoms with Crippen molar-refractivity contribution in [3.05, 3.63) is 101 Å². The molecule has 3 N–H and O–H groups in total. The molecule has 0 saturated heterocycles. The van der Waals surface area contributed by atoms with Crippen LogP contribution in [0.5, 0.6) is 0 Å². The van der Waals surface area contributed by atoms with Crippen LogP contribution in [0.25, 0.3) is 61.8 Å². The van der Waals surface area contributed by atoms with Crippen LogP contribution in [-0.4, -0.2) is 37.1 Å². The van der Waals surface area contributed by atoms with Crippen LogP contribution in [0.4, 0.5) is 14.5 Å². The summed E-state index contributed by atoms with van der Waals surface area (Å²) in [6.07, 6.45) is 3.62. The van der Waals surface area contributed by atoms with E-state index in [-0.39, 0.29) is 34.2 Å². The second kappa shape index (κ2) is 11.9. The second-order valence-corrected chi connectivity index (χ2v) is 13.1. The maximum atomic E-state index is 14.7. The summed E-state index contributed by atoms with van der Waals surface area (Å²) < 4.78 is 62.9. The van der Waals surface area contributed by atoms with Gasteiger partial charge in [0.1, 0.15) is 23.0 Å². The van der Waals surface area contributed by atoms with Crippen LogP contribution in [0.3, 0.4) is 0 Å². The van der Waals surface area contributed by atoms with Crippen molar-refractivity contribution in [1.29, 1.82) is 0 Å². The number of sulfonamides is 1. The number of furan rings is 1. The molecule has 0 aliphatic rings. The van der Waals surface area contributed by atoms with Gasteiger partial charge in [0.25, 0.3) is 5.91 Å². The van der Waals surface area contributed by atoms with Crippen molar-refractivity contribution >= 4 is 49.6 Å². The Bertz CT molecular complexity index is 2280. The summed E-state index contributed by atoms with van der Waals surface area (Å²) in [5.41, 5.74) is 5.61. The molecule has 46 heavy (non-hydrogen) atoms. The van der Waals surface area contributed by atoms with Crippen LogP contribution in [0.2, 0.25) is 0 Å². The van der Waals surface area contributed by atoms with Crippen LogP contribution in [0.1, 0.15) is 36.7 Å². The maximum Gasteiger partial charge on any atom is 0.255 e. The van der Waals surface area contributed by atoms with Gasteiger partial charge >= 0.3 is 0 Å². The van der Waals surface area contributed by atoms with Gasteiger partial charge in [-0.15, -0.1) is 0 Å². The molecule has 0 aliphatic heterocycles. The Hall–Kier alpha value is -5.29. The lowest BCUT2D eigenvalue weighted by Crippen LogP contribution is -2.18. The molecule has 6 aromatic rings. The molecule has 8 nitrogen and oxygen atoms in total. The van der Waals surface area contributed by atoms with Gasteiger partial charge in [-0.25, -0.2) is 17.2 Å². The number of nitrogens with one attached hydrogen (secondary N) is 3. The fraction of sp³-hybridized carbons (Fsp3) is 0.143. The number of aromatic amines is 1. The van der Waals surface area contributed by atoms with Gasteiger partial charge < -0.3 is 14.7 Å². The number of fused-ring (bicyclic) bond motifs is 2. The molecule has 3 aromatic carbocycles. The van der Waals surface area contributed by atoms with Gasteiger partial charge in [0, 0.05) is 63.5 Å². The van der Waals surface area contributed by atoms with E-state index < -0.39 is 21.7 Å². The normalized spacial score (nSPS) is 11.6. The van der Waals surface area contributed by atoms with Gasteiger partial charge in [0.2, 0.25) is 10.0 Å². The average Bonchev–Trinajstić information content (AvgIpc) is 3.63. The zero-order valence-electron chi connectivity index (χ0n) is 25.5. The Morgan fingerprint density at radius 3 is 2.43 bits per heavy atom. The Balaban J connectivity index is 1.64. The molecular weight excluding hydrogens is 610 g/mol. The summed E-state index contributed by atoms with van der Waals surface area (Å²) >= 11 is 0. The molecule has 0 atom stereocenters. The van der Waals surface area contributed by atoms with Gasteiger partial charge in [0.05, 0.1) is 22.7 Å². The number of aromatic nitrogens is 2. The molecule has 6 rings (SSSR count). The number of hydrogen-bond acceptors (Lipinski definition) is 5. The van der Waals surface area contributed by atoms with Gasteiger partial charge in [-0.1, -0.05) is 17.7 Å². The number of H-pyrrole nitrogens is 1. The number of pyridine rings is 1. The molecule has 0 aliphatic carbocycles. The quantitative estimate of drug-likeness (QED) is 0.155. The Kier molecular flexibility index (Phi) is 7.95. The Labute approximate surface area is 264 Å². The lowest BCUT2D eigenvalue weighted by Gasteiger charge is -2.14. The van der Waals surface area contributed by atoms with E-state index in [2.05, 4.69) is 15.0 Å². The third-order valence-corrected chi connectivity index (χ3v) is 8.88. The van der Waals surface area contributed by atoms with Gasteiger partial charge in [-0.2, -0.15) is 0 Å². The number of anilines is 1. The summed E-state index contributed by atoms with van der Waals surface area (Å²) in [6, 6.07) is 17.0. The smallest absolute Gasteiger partial charge is 0.255 e. The summed E-state index contributed by atoms with van der Waals surface area (Å²) in [5, 5.41) is 3.46. The number of amides is 1. The average molecular weight is 641 g/mol. The minimum absolute atomic E-state index is 0.188. The fourth-order valence-electron chi connectivity index (χ4n) is 5.37. The van der Waals surface area contributed by atoms with Crippen molar-refractivity contribution in [1.82, 2.24) is 15.3 Å². The van der Waals surface area contributed by atoms with Crippen molar-refractivity contribution in [3.8, 4) is 33.8 Å². The number of nitrogens with zero attached hydrogens (tertiary/aromatic N) is 1. The number of rotatable bonds is 8. The predicted octanol–water partition coefficient (Wildman–Crippen LogP) is 8.13. The molecule has 11 heteroatoms. The van der Waals surface area contributed by atoms with E-state index in [0.717, 1.165) is 11.1 Å². The van der Waals surface area contributed by atoms with Crippen molar-refractivity contribution in [3.63, 3.8) is 0 Å². The predicted molar refractivity (Wildman–Crippen MR) is 178 cm³/mol. The summed E-state index contributed by atoms with van der Waals surface area (Å²) in [6.45, 7) is 5.42. The maximum absolute atomic E-state index is 14.7. The highest BCUT2D eigenvalue weighted by Gasteiger charge is 2.25. The first kappa shape index (κ1) is 30.7. The highest BCUT2D eigenvalue weighted by atomic mass is 32.2. The number of hydrogen-bond donors (Lipinski definition) is 3. The van der Waals surface area contributed by atoms with Crippen LogP contribution in [-0.2, 0) is 10.0 Å². The molecule has 0 bridgehead atoms. The summed E-state index contributed by atoms with van der Waals surface area (Å²) in [5.74, 6) is -1.25. The lowest BCUT2D eigenvalue weighted by molar-refractivity contribution is 0.0964. The summed E-state index contributed by atoms with van der Waals surface area (Å²) in [7, 11) is -2.27. The first-order valence-corrected chi connectivity index (χ1v) is 16.1. The molecule has 0 saturated carbocycles. The van der Waals surface area contributed by atoms with E-state index in [1.54, 1.807) is 36.5 Å². The van der Waals surface area contributed by atoms with Crippen molar-refractivity contribution in [2.24, 2.45) is 0 Å². The van der Waals surface area contributed by atoms with Crippen molar-refractivity contribution in [2.45, 2.75) is 20.8 Å². The molecule has 0 unspecified atom stereocenters. The Morgan fingerprint density at radius 2 is 1.76 bits per heavy atom.